The normalized spacial score (nSPS) is 18.0. The van der Waals surface area contributed by atoms with Crippen LogP contribution in [0.4, 0.5) is 0 Å². The van der Waals surface area contributed by atoms with Crippen molar-refractivity contribution in [3.05, 3.63) is 35.4 Å². The van der Waals surface area contributed by atoms with Crippen LogP contribution in [0.15, 0.2) is 34.7 Å². The molecule has 2 aliphatic heterocycles. The minimum Gasteiger partial charge on any atom is -0.493 e. The van der Waals surface area contributed by atoms with Gasteiger partial charge in [0.15, 0.2) is 0 Å². The largest absolute Gasteiger partial charge is 0.493 e. The lowest BCUT2D eigenvalue weighted by Crippen LogP contribution is -2.31. The first-order valence-corrected chi connectivity index (χ1v) is 8.13. The molecule has 0 unspecified atom stereocenters. The van der Waals surface area contributed by atoms with Gasteiger partial charge in [-0.25, -0.2) is 8.42 Å². The Labute approximate surface area is 123 Å². The quantitative estimate of drug-likeness (QED) is 0.871. The molecule has 1 N–H and O–H groups in total. The number of benzene rings is 1. The van der Waals surface area contributed by atoms with E-state index in [2.05, 4.69) is 5.32 Å². The summed E-state index contributed by atoms with van der Waals surface area (Å²) in [7, 11) is -2.09. The van der Waals surface area contributed by atoms with E-state index < -0.39 is 10.0 Å². The summed E-state index contributed by atoms with van der Waals surface area (Å²) < 4.78 is 31.9. The van der Waals surface area contributed by atoms with Crippen LogP contribution >= 0.6 is 0 Å². The Hall–Kier alpha value is -1.86. The van der Waals surface area contributed by atoms with Gasteiger partial charge in [0.1, 0.15) is 5.75 Å². The highest BCUT2D eigenvalue weighted by Gasteiger charge is 2.31. The number of hydrogen-bond donors (Lipinski definition) is 1. The number of ether oxygens (including phenoxy) is 1. The fraction of sp³-hybridized carbons (Fsp3) is 0.357. The molecule has 1 aromatic rings. The van der Waals surface area contributed by atoms with Gasteiger partial charge >= 0.3 is 0 Å². The Bertz CT molecular complexity index is 724. The van der Waals surface area contributed by atoms with E-state index in [4.69, 9.17) is 4.74 Å². The summed E-state index contributed by atoms with van der Waals surface area (Å²) in [4.78, 5) is 11.8. The lowest BCUT2D eigenvalue weighted by Gasteiger charge is -2.16. The Morgan fingerprint density at radius 1 is 1.38 bits per heavy atom. The first kappa shape index (κ1) is 14.1. The van der Waals surface area contributed by atoms with Crippen molar-refractivity contribution in [2.45, 2.75) is 11.3 Å². The summed E-state index contributed by atoms with van der Waals surface area (Å²) in [5.41, 5.74) is 1.50. The molecule has 112 valence electrons. The molecule has 0 bridgehead atoms. The maximum atomic E-state index is 12.6. The maximum absolute atomic E-state index is 12.6. The average Bonchev–Trinajstić information content (AvgIpc) is 3.14. The Balaban J connectivity index is 1.84. The Morgan fingerprint density at radius 2 is 2.19 bits per heavy atom. The molecule has 2 heterocycles. The number of likely N-dealkylation sites (N-methyl/N-ethyl adjacent to an activating group) is 1. The molecule has 0 aromatic heterocycles. The van der Waals surface area contributed by atoms with Crippen LogP contribution in [0.3, 0.4) is 0 Å². The van der Waals surface area contributed by atoms with Crippen LogP contribution in [0.1, 0.15) is 5.56 Å². The summed E-state index contributed by atoms with van der Waals surface area (Å²) in [5, 5.41) is 2.50. The van der Waals surface area contributed by atoms with Gasteiger partial charge in [0.25, 0.3) is 0 Å². The van der Waals surface area contributed by atoms with Crippen LogP contribution in [0.25, 0.3) is 0 Å². The number of nitrogens with zero attached hydrogens (tertiary/aromatic N) is 1. The van der Waals surface area contributed by atoms with Gasteiger partial charge in [-0.3, -0.25) is 4.79 Å². The highest BCUT2D eigenvalue weighted by atomic mass is 32.2. The number of hydrogen-bond acceptors (Lipinski definition) is 4. The number of sulfonamides is 1. The second-order valence-corrected chi connectivity index (χ2v) is 6.91. The molecule has 7 heteroatoms. The predicted octanol–water partition coefficient (Wildman–Crippen LogP) is 0.298. The number of rotatable bonds is 3. The standard InChI is InChI=1S/C14H16N2O4S/c1-15-14(17)11-4-6-16(9-11)21(18,19)12-3-2-10-5-7-20-13(10)8-12/h2-4,8H,5-7,9H2,1H3,(H,15,17). The maximum Gasteiger partial charge on any atom is 0.248 e. The third-order valence-electron chi connectivity index (χ3n) is 3.71. The van der Waals surface area contributed by atoms with E-state index in [0.717, 1.165) is 12.0 Å². The molecule has 0 fully saturated rings. The van der Waals surface area contributed by atoms with E-state index in [1.165, 1.54) is 11.4 Å². The van der Waals surface area contributed by atoms with Crippen molar-refractivity contribution in [2.24, 2.45) is 0 Å². The molecule has 0 aliphatic carbocycles. The van der Waals surface area contributed by atoms with Gasteiger partial charge < -0.3 is 10.1 Å². The summed E-state index contributed by atoms with van der Waals surface area (Å²) >= 11 is 0. The topological polar surface area (TPSA) is 75.7 Å². The lowest BCUT2D eigenvalue weighted by molar-refractivity contribution is -0.117. The molecule has 0 saturated heterocycles. The van der Waals surface area contributed by atoms with Gasteiger partial charge in [0.2, 0.25) is 15.9 Å². The van der Waals surface area contributed by atoms with Crippen LogP contribution in [0.5, 0.6) is 5.75 Å². The van der Waals surface area contributed by atoms with Crippen LogP contribution < -0.4 is 10.1 Å². The van der Waals surface area contributed by atoms with E-state index in [9.17, 15) is 13.2 Å². The fourth-order valence-electron chi connectivity index (χ4n) is 2.50. The van der Waals surface area contributed by atoms with Crippen molar-refractivity contribution in [3.8, 4) is 5.75 Å². The van der Waals surface area contributed by atoms with Gasteiger partial charge in [-0.1, -0.05) is 12.1 Å². The van der Waals surface area contributed by atoms with E-state index in [-0.39, 0.29) is 23.9 Å². The monoisotopic (exact) mass is 308 g/mol. The third kappa shape index (κ3) is 2.43. The minimum atomic E-state index is -3.61. The summed E-state index contributed by atoms with van der Waals surface area (Å²) in [6.07, 6.45) is 2.45. The van der Waals surface area contributed by atoms with Crippen LogP contribution in [0, 0.1) is 0 Å². The van der Waals surface area contributed by atoms with Crippen molar-refractivity contribution < 1.29 is 17.9 Å². The number of amides is 1. The molecular formula is C14H16N2O4S. The van der Waals surface area contributed by atoms with Crippen molar-refractivity contribution in [2.75, 3.05) is 26.7 Å². The average molecular weight is 308 g/mol. The van der Waals surface area contributed by atoms with E-state index in [1.54, 1.807) is 24.3 Å². The fourth-order valence-corrected chi connectivity index (χ4v) is 3.87. The van der Waals surface area contributed by atoms with Gasteiger partial charge in [-0.2, -0.15) is 4.31 Å². The zero-order chi connectivity index (χ0) is 15.0. The van der Waals surface area contributed by atoms with Crippen LogP contribution in [0.2, 0.25) is 0 Å². The number of fused-ring (bicyclic) bond motifs is 1. The molecule has 6 nitrogen and oxygen atoms in total. The number of carbonyl (C=O) groups is 1. The SMILES string of the molecule is CNC(=O)C1=CCN(S(=O)(=O)c2ccc3c(c2)OCC3)C1. The zero-order valence-corrected chi connectivity index (χ0v) is 12.4. The highest BCUT2D eigenvalue weighted by Crippen LogP contribution is 2.30. The first-order valence-electron chi connectivity index (χ1n) is 6.69. The summed E-state index contributed by atoms with van der Waals surface area (Å²) in [6.45, 7) is 0.897. The highest BCUT2D eigenvalue weighted by molar-refractivity contribution is 7.89. The Morgan fingerprint density at radius 3 is 2.95 bits per heavy atom. The van der Waals surface area contributed by atoms with Crippen molar-refractivity contribution in [1.82, 2.24) is 9.62 Å². The third-order valence-corrected chi connectivity index (χ3v) is 5.52. The molecule has 0 saturated carbocycles. The summed E-state index contributed by atoms with van der Waals surface area (Å²) in [5.74, 6) is 0.389. The van der Waals surface area contributed by atoms with Gasteiger partial charge in [-0.15, -0.1) is 0 Å². The van der Waals surface area contributed by atoms with Gasteiger partial charge in [0.05, 0.1) is 11.5 Å². The molecule has 0 atom stereocenters. The Kier molecular flexibility index (Phi) is 3.46. The van der Waals surface area contributed by atoms with Crippen molar-refractivity contribution in [1.29, 1.82) is 0 Å². The number of nitrogens with one attached hydrogen (secondary N) is 1. The molecule has 2 aliphatic rings. The van der Waals surface area contributed by atoms with Gasteiger partial charge in [0, 0.05) is 38.2 Å². The number of carbonyl (C=O) groups excluding carboxylic acids is 1. The second kappa shape index (κ2) is 5.16. The van der Waals surface area contributed by atoms with E-state index in [1.807, 2.05) is 0 Å². The molecule has 0 radical (unpaired) electrons. The minimum absolute atomic E-state index is 0.0972. The molecule has 3 rings (SSSR count). The predicted molar refractivity (Wildman–Crippen MR) is 76.5 cm³/mol. The molecule has 1 amide bonds. The zero-order valence-electron chi connectivity index (χ0n) is 11.6. The van der Waals surface area contributed by atoms with Crippen molar-refractivity contribution in [3.63, 3.8) is 0 Å². The smallest absolute Gasteiger partial charge is 0.248 e. The summed E-state index contributed by atoms with van der Waals surface area (Å²) in [6, 6.07) is 4.95. The van der Waals surface area contributed by atoms with E-state index in [0.29, 0.717) is 17.9 Å². The lowest BCUT2D eigenvalue weighted by atomic mass is 10.2. The van der Waals surface area contributed by atoms with Crippen LogP contribution in [-0.2, 0) is 21.2 Å². The first-order chi connectivity index (χ1) is 10.0. The second-order valence-electron chi connectivity index (χ2n) is 4.97. The molecular weight excluding hydrogens is 292 g/mol. The van der Waals surface area contributed by atoms with Crippen LogP contribution in [-0.4, -0.2) is 45.4 Å². The molecule has 0 spiro atoms. The molecule has 1 aromatic carbocycles. The molecule has 21 heavy (non-hydrogen) atoms. The van der Waals surface area contributed by atoms with E-state index >= 15 is 0 Å². The van der Waals surface area contributed by atoms with Crippen molar-refractivity contribution >= 4 is 15.9 Å². The van der Waals surface area contributed by atoms with Gasteiger partial charge in [-0.05, 0) is 11.6 Å².